The molecule has 0 aliphatic rings. The van der Waals surface area contributed by atoms with Crippen molar-refractivity contribution in [2.24, 2.45) is 11.7 Å². The Morgan fingerprint density at radius 1 is 1.54 bits per heavy atom. The number of aromatic nitrogens is 1. The van der Waals surface area contributed by atoms with Crippen LogP contribution >= 0.6 is 11.3 Å². The molecule has 74 valence electrons. The van der Waals surface area contributed by atoms with Crippen LogP contribution in [0.2, 0.25) is 0 Å². The van der Waals surface area contributed by atoms with Gasteiger partial charge < -0.3 is 10.8 Å². The Labute approximate surface area is 82.6 Å². The summed E-state index contributed by atoms with van der Waals surface area (Å²) < 4.78 is 0. The lowest BCUT2D eigenvalue weighted by atomic mass is 10.0. The highest BCUT2D eigenvalue weighted by Crippen LogP contribution is 2.23. The third-order valence-corrected chi connectivity index (χ3v) is 3.06. The summed E-state index contributed by atoms with van der Waals surface area (Å²) in [6, 6.07) is -0.231. The van der Waals surface area contributed by atoms with Crippen molar-refractivity contribution in [3.63, 3.8) is 0 Å². The molecule has 4 heteroatoms. The van der Waals surface area contributed by atoms with Crippen LogP contribution in [-0.2, 0) is 0 Å². The molecule has 1 heterocycles. The van der Waals surface area contributed by atoms with Gasteiger partial charge >= 0.3 is 0 Å². The maximum atomic E-state index is 9.80. The molecule has 2 unspecified atom stereocenters. The van der Waals surface area contributed by atoms with Gasteiger partial charge in [-0.25, -0.2) is 4.98 Å². The number of aryl methyl sites for hydroxylation is 1. The molecule has 3 N–H and O–H groups in total. The van der Waals surface area contributed by atoms with Crippen LogP contribution in [0.4, 0.5) is 0 Å². The molecular weight excluding hydrogens is 184 g/mol. The predicted octanol–water partition coefficient (Wildman–Crippen LogP) is 1.47. The largest absolute Gasteiger partial charge is 0.384 e. The van der Waals surface area contributed by atoms with Crippen LogP contribution in [0.1, 0.15) is 30.7 Å². The molecule has 1 rings (SSSR count). The van der Waals surface area contributed by atoms with E-state index < -0.39 is 6.10 Å². The Hall–Kier alpha value is -0.450. The van der Waals surface area contributed by atoms with E-state index in [1.165, 1.54) is 11.3 Å². The van der Waals surface area contributed by atoms with E-state index in [4.69, 9.17) is 5.73 Å². The van der Waals surface area contributed by atoms with Crippen LogP contribution < -0.4 is 5.73 Å². The average Bonchev–Trinajstić information content (AvgIpc) is 2.49. The fourth-order valence-electron chi connectivity index (χ4n) is 1.04. The van der Waals surface area contributed by atoms with E-state index in [1.54, 1.807) is 0 Å². The molecule has 0 aromatic carbocycles. The zero-order valence-corrected chi connectivity index (χ0v) is 9.01. The summed E-state index contributed by atoms with van der Waals surface area (Å²) >= 11 is 1.46. The Bertz CT molecular complexity index is 272. The van der Waals surface area contributed by atoms with Gasteiger partial charge in [-0.05, 0) is 12.8 Å². The van der Waals surface area contributed by atoms with Crippen molar-refractivity contribution in [3.8, 4) is 0 Å². The Morgan fingerprint density at radius 3 is 2.54 bits per heavy atom. The monoisotopic (exact) mass is 200 g/mol. The number of aliphatic hydroxyl groups excluding tert-OH is 1. The van der Waals surface area contributed by atoms with E-state index in [-0.39, 0.29) is 12.0 Å². The molecular formula is C9H16N2OS. The number of aliphatic hydroxyl groups is 1. The van der Waals surface area contributed by atoms with Crippen molar-refractivity contribution < 1.29 is 5.11 Å². The second-order valence-corrected chi connectivity index (χ2v) is 4.48. The van der Waals surface area contributed by atoms with Gasteiger partial charge in [0.05, 0.1) is 0 Å². The first-order chi connectivity index (χ1) is 6.02. The van der Waals surface area contributed by atoms with Crippen molar-refractivity contribution in [3.05, 3.63) is 16.1 Å². The van der Waals surface area contributed by atoms with Crippen LogP contribution in [0, 0.1) is 12.8 Å². The fraction of sp³-hybridized carbons (Fsp3) is 0.667. The number of nitrogens with zero attached hydrogens (tertiary/aromatic N) is 1. The molecule has 0 aliphatic carbocycles. The molecule has 0 radical (unpaired) electrons. The van der Waals surface area contributed by atoms with Crippen molar-refractivity contribution in [1.82, 2.24) is 4.98 Å². The molecule has 1 aromatic heterocycles. The van der Waals surface area contributed by atoms with E-state index in [0.29, 0.717) is 0 Å². The molecule has 13 heavy (non-hydrogen) atoms. The number of rotatable bonds is 3. The summed E-state index contributed by atoms with van der Waals surface area (Å²) in [4.78, 5) is 4.20. The SMILES string of the molecule is Cc1csc(C(O)C(N)C(C)C)n1. The summed E-state index contributed by atoms with van der Waals surface area (Å²) in [5, 5.41) is 12.4. The lowest BCUT2D eigenvalue weighted by Crippen LogP contribution is -2.33. The molecule has 0 spiro atoms. The second kappa shape index (κ2) is 4.17. The van der Waals surface area contributed by atoms with Gasteiger partial charge in [0.2, 0.25) is 0 Å². The van der Waals surface area contributed by atoms with Gasteiger partial charge in [-0.15, -0.1) is 11.3 Å². The maximum absolute atomic E-state index is 9.80. The number of hydrogen-bond acceptors (Lipinski definition) is 4. The summed E-state index contributed by atoms with van der Waals surface area (Å²) in [7, 11) is 0. The zero-order chi connectivity index (χ0) is 10.0. The van der Waals surface area contributed by atoms with Crippen LogP contribution in [0.3, 0.4) is 0 Å². The van der Waals surface area contributed by atoms with E-state index in [9.17, 15) is 5.11 Å². The highest BCUT2D eigenvalue weighted by Gasteiger charge is 2.22. The topological polar surface area (TPSA) is 59.1 Å². The fourth-order valence-corrected chi connectivity index (χ4v) is 1.87. The van der Waals surface area contributed by atoms with Crippen molar-refractivity contribution in [2.45, 2.75) is 32.9 Å². The van der Waals surface area contributed by atoms with Crippen LogP contribution in [0.25, 0.3) is 0 Å². The van der Waals surface area contributed by atoms with Crippen molar-refractivity contribution in [2.75, 3.05) is 0 Å². The third kappa shape index (κ3) is 2.49. The Kier molecular flexibility index (Phi) is 3.41. The average molecular weight is 200 g/mol. The third-order valence-electron chi connectivity index (χ3n) is 2.02. The molecule has 0 bridgehead atoms. The first kappa shape index (κ1) is 10.6. The minimum Gasteiger partial charge on any atom is -0.384 e. The maximum Gasteiger partial charge on any atom is 0.123 e. The first-order valence-corrected chi connectivity index (χ1v) is 5.26. The summed E-state index contributed by atoms with van der Waals surface area (Å²) in [5.41, 5.74) is 6.76. The number of thiazole rings is 1. The van der Waals surface area contributed by atoms with Gasteiger partial charge in [0.25, 0.3) is 0 Å². The zero-order valence-electron chi connectivity index (χ0n) is 8.19. The van der Waals surface area contributed by atoms with Crippen molar-refractivity contribution >= 4 is 11.3 Å². The van der Waals surface area contributed by atoms with Gasteiger partial charge in [0, 0.05) is 17.1 Å². The Morgan fingerprint density at radius 2 is 2.15 bits per heavy atom. The quantitative estimate of drug-likeness (QED) is 0.776. The summed E-state index contributed by atoms with van der Waals surface area (Å²) in [6.45, 7) is 5.90. The number of nitrogens with two attached hydrogens (primary N) is 1. The standard InChI is InChI=1S/C9H16N2OS/c1-5(2)7(10)8(12)9-11-6(3)4-13-9/h4-5,7-8,12H,10H2,1-3H3. The molecule has 0 fully saturated rings. The van der Waals surface area contributed by atoms with Crippen molar-refractivity contribution in [1.29, 1.82) is 0 Å². The van der Waals surface area contributed by atoms with Gasteiger partial charge in [0.15, 0.2) is 0 Å². The van der Waals surface area contributed by atoms with Crippen LogP contribution in [0.15, 0.2) is 5.38 Å². The van der Waals surface area contributed by atoms with E-state index >= 15 is 0 Å². The smallest absolute Gasteiger partial charge is 0.123 e. The Balaban J connectivity index is 2.73. The molecule has 3 nitrogen and oxygen atoms in total. The molecule has 0 saturated carbocycles. The normalized spacial score (nSPS) is 16.2. The highest BCUT2D eigenvalue weighted by atomic mass is 32.1. The summed E-state index contributed by atoms with van der Waals surface area (Å²) in [6.07, 6.45) is -0.626. The summed E-state index contributed by atoms with van der Waals surface area (Å²) in [5.74, 6) is 0.263. The predicted molar refractivity (Wildman–Crippen MR) is 54.6 cm³/mol. The van der Waals surface area contributed by atoms with Crippen LogP contribution in [-0.4, -0.2) is 16.1 Å². The number of hydrogen-bond donors (Lipinski definition) is 2. The molecule has 0 saturated heterocycles. The first-order valence-electron chi connectivity index (χ1n) is 4.38. The molecule has 0 amide bonds. The molecule has 1 aromatic rings. The second-order valence-electron chi connectivity index (χ2n) is 3.59. The van der Waals surface area contributed by atoms with Gasteiger partial charge in [-0.2, -0.15) is 0 Å². The molecule has 0 aliphatic heterocycles. The van der Waals surface area contributed by atoms with E-state index in [1.807, 2.05) is 26.2 Å². The van der Waals surface area contributed by atoms with Gasteiger partial charge in [-0.1, -0.05) is 13.8 Å². The molecule has 2 atom stereocenters. The minimum atomic E-state index is -0.626. The van der Waals surface area contributed by atoms with Gasteiger partial charge in [-0.3, -0.25) is 0 Å². The lowest BCUT2D eigenvalue weighted by Gasteiger charge is -2.19. The highest BCUT2D eigenvalue weighted by molar-refractivity contribution is 7.09. The lowest BCUT2D eigenvalue weighted by molar-refractivity contribution is 0.125. The van der Waals surface area contributed by atoms with Gasteiger partial charge in [0.1, 0.15) is 11.1 Å². The van der Waals surface area contributed by atoms with E-state index in [2.05, 4.69) is 4.98 Å². The van der Waals surface area contributed by atoms with Crippen LogP contribution in [0.5, 0.6) is 0 Å². The minimum absolute atomic E-state index is 0.231. The van der Waals surface area contributed by atoms with E-state index in [0.717, 1.165) is 10.7 Å².